The van der Waals surface area contributed by atoms with Gasteiger partial charge in [-0.2, -0.15) is 0 Å². The molecule has 2 unspecified atom stereocenters. The molecule has 0 spiro atoms. The minimum atomic E-state index is 0.0551. The Labute approximate surface area is 241 Å². The van der Waals surface area contributed by atoms with E-state index in [1.807, 2.05) is 36.1 Å². The molecule has 1 aromatic heterocycles. The molecule has 40 heavy (non-hydrogen) atoms. The van der Waals surface area contributed by atoms with Crippen molar-refractivity contribution in [2.45, 2.75) is 52.2 Å². The van der Waals surface area contributed by atoms with Crippen LogP contribution >= 0.6 is 11.3 Å². The van der Waals surface area contributed by atoms with Gasteiger partial charge in [0.05, 0.1) is 5.69 Å². The summed E-state index contributed by atoms with van der Waals surface area (Å²) in [5.74, 6) is 2.45. The molecule has 3 aliphatic rings. The molecule has 1 amide bonds. The van der Waals surface area contributed by atoms with Gasteiger partial charge in [0, 0.05) is 55.3 Å². The summed E-state index contributed by atoms with van der Waals surface area (Å²) in [7, 11) is 0. The second kappa shape index (κ2) is 11.5. The first kappa shape index (κ1) is 27.2. The largest absolute Gasteiger partial charge is 0.488 e. The van der Waals surface area contributed by atoms with Gasteiger partial charge in [-0.1, -0.05) is 17.7 Å². The maximum atomic E-state index is 13.0. The summed E-state index contributed by atoms with van der Waals surface area (Å²) in [5.41, 5.74) is 12.0. The van der Waals surface area contributed by atoms with Crippen LogP contribution in [0.15, 0.2) is 41.8 Å². The van der Waals surface area contributed by atoms with Gasteiger partial charge in [-0.05, 0) is 92.7 Å². The first-order valence-corrected chi connectivity index (χ1v) is 15.5. The molecule has 2 aromatic carbocycles. The van der Waals surface area contributed by atoms with E-state index in [1.54, 1.807) is 11.3 Å². The second-order valence-electron chi connectivity index (χ2n) is 11.9. The Morgan fingerprint density at radius 2 is 1.90 bits per heavy atom. The summed E-state index contributed by atoms with van der Waals surface area (Å²) in [6.45, 7) is 8.21. The zero-order chi connectivity index (χ0) is 27.8. The number of nitrogens with two attached hydrogens (primary N) is 1. The number of aliphatic hydroxyl groups excluding tert-OH is 1. The molecule has 1 saturated carbocycles. The lowest BCUT2D eigenvalue weighted by Gasteiger charge is -2.37. The molecule has 8 heteroatoms. The van der Waals surface area contributed by atoms with Crippen molar-refractivity contribution in [2.24, 2.45) is 23.5 Å². The molecule has 2 saturated heterocycles. The average molecular weight is 561 g/mol. The standard InChI is InChI=1S/C32H40N4O3S/c1-20-5-10-30(39-18-25-9-6-22(13-21(25)2)31(38)35-11-3-4-26(33)16-35)27(12-20)29-19-40-32(34-29)36-14-23-7-8-24(15-36)28(23)17-37/h5-6,9-10,12-13,19,23-24,26,28,37H,3-4,7-8,11,14-18,33H2,1-2H3/t23-,24+,26?,28?. The summed E-state index contributed by atoms with van der Waals surface area (Å²) < 4.78 is 6.38. The van der Waals surface area contributed by atoms with E-state index in [2.05, 4.69) is 29.3 Å². The minimum absolute atomic E-state index is 0.0551. The predicted molar refractivity (Wildman–Crippen MR) is 160 cm³/mol. The van der Waals surface area contributed by atoms with Crippen molar-refractivity contribution in [3.05, 3.63) is 64.0 Å². The number of rotatable bonds is 7. The zero-order valence-electron chi connectivity index (χ0n) is 23.5. The van der Waals surface area contributed by atoms with Gasteiger partial charge in [-0.15, -0.1) is 11.3 Å². The lowest BCUT2D eigenvalue weighted by atomic mass is 9.86. The average Bonchev–Trinajstić information content (AvgIpc) is 3.54. The number of ether oxygens (including phenoxy) is 1. The first-order valence-electron chi connectivity index (χ1n) is 14.6. The van der Waals surface area contributed by atoms with Gasteiger partial charge in [-0.3, -0.25) is 4.79 Å². The SMILES string of the molecule is Cc1ccc(OCc2ccc(C(=O)N3CCCC(N)C3)cc2C)c(-c2csc(N3C[C@H]4CC[C@@H](C3)C4CO)n2)c1. The Morgan fingerprint density at radius 1 is 1.10 bits per heavy atom. The van der Waals surface area contributed by atoms with Crippen molar-refractivity contribution in [3.8, 4) is 17.0 Å². The molecule has 1 aliphatic carbocycles. The van der Waals surface area contributed by atoms with Crippen LogP contribution in [-0.2, 0) is 6.61 Å². The van der Waals surface area contributed by atoms with E-state index in [4.69, 9.17) is 15.5 Å². The lowest BCUT2D eigenvalue weighted by Crippen LogP contribution is -2.45. The normalized spacial score (nSPS) is 24.4. The molecule has 3 heterocycles. The van der Waals surface area contributed by atoms with Crippen molar-refractivity contribution in [1.82, 2.24) is 9.88 Å². The molecule has 4 atom stereocenters. The number of carbonyl (C=O) groups excluding carboxylic acids is 1. The second-order valence-corrected chi connectivity index (χ2v) is 12.8. The number of piperidine rings is 2. The molecule has 212 valence electrons. The lowest BCUT2D eigenvalue weighted by molar-refractivity contribution is 0.0708. The van der Waals surface area contributed by atoms with E-state index in [0.717, 1.165) is 71.3 Å². The zero-order valence-corrected chi connectivity index (χ0v) is 24.3. The Hall–Kier alpha value is -2.94. The molecular formula is C32H40N4O3S. The van der Waals surface area contributed by atoms with E-state index < -0.39 is 0 Å². The first-order chi connectivity index (χ1) is 19.4. The van der Waals surface area contributed by atoms with E-state index in [1.165, 1.54) is 12.8 Å². The quantitative estimate of drug-likeness (QED) is 0.422. The van der Waals surface area contributed by atoms with Crippen LogP contribution in [-0.4, -0.2) is 59.7 Å². The fraction of sp³-hybridized carbons (Fsp3) is 0.500. The third-order valence-corrected chi connectivity index (χ3v) is 10.0. The van der Waals surface area contributed by atoms with Crippen LogP contribution in [0.4, 0.5) is 5.13 Å². The topological polar surface area (TPSA) is 91.9 Å². The van der Waals surface area contributed by atoms with Gasteiger partial charge >= 0.3 is 0 Å². The van der Waals surface area contributed by atoms with E-state index in [0.29, 0.717) is 43.1 Å². The highest BCUT2D eigenvalue weighted by Crippen LogP contribution is 2.44. The Bertz CT molecular complexity index is 1360. The predicted octanol–water partition coefficient (Wildman–Crippen LogP) is 5.02. The van der Waals surface area contributed by atoms with Crippen LogP contribution in [0.2, 0.25) is 0 Å². The van der Waals surface area contributed by atoms with Gasteiger partial charge < -0.3 is 25.4 Å². The highest BCUT2D eigenvalue weighted by atomic mass is 32.1. The molecule has 6 rings (SSSR count). The number of aryl methyl sites for hydroxylation is 2. The minimum Gasteiger partial charge on any atom is -0.488 e. The van der Waals surface area contributed by atoms with Gasteiger partial charge in [0.2, 0.25) is 0 Å². The number of nitrogens with zero attached hydrogens (tertiary/aromatic N) is 3. The van der Waals surface area contributed by atoms with Crippen LogP contribution in [0, 0.1) is 31.6 Å². The molecule has 3 aromatic rings. The summed E-state index contributed by atoms with van der Waals surface area (Å²) in [4.78, 5) is 22.4. The number of amides is 1. The number of fused-ring (bicyclic) bond motifs is 2. The maximum Gasteiger partial charge on any atom is 0.253 e. The third-order valence-electron chi connectivity index (χ3n) is 9.13. The summed E-state index contributed by atoms with van der Waals surface area (Å²) >= 11 is 1.69. The number of carbonyl (C=O) groups is 1. The molecule has 2 aliphatic heterocycles. The summed E-state index contributed by atoms with van der Waals surface area (Å²) in [5, 5.41) is 13.0. The number of aliphatic hydroxyl groups is 1. The van der Waals surface area contributed by atoms with Crippen LogP contribution in [0.5, 0.6) is 5.75 Å². The van der Waals surface area contributed by atoms with E-state index >= 15 is 0 Å². The smallest absolute Gasteiger partial charge is 0.253 e. The van der Waals surface area contributed by atoms with Crippen LogP contribution in [0.1, 0.15) is 52.7 Å². The van der Waals surface area contributed by atoms with Crippen molar-refractivity contribution in [1.29, 1.82) is 0 Å². The van der Waals surface area contributed by atoms with Crippen molar-refractivity contribution in [3.63, 3.8) is 0 Å². The van der Waals surface area contributed by atoms with Gasteiger partial charge in [0.25, 0.3) is 5.91 Å². The van der Waals surface area contributed by atoms with Crippen LogP contribution in [0.3, 0.4) is 0 Å². The number of likely N-dealkylation sites (tertiary alicyclic amines) is 1. The van der Waals surface area contributed by atoms with Crippen LogP contribution in [0.25, 0.3) is 11.3 Å². The number of hydrogen-bond acceptors (Lipinski definition) is 7. The van der Waals surface area contributed by atoms with Crippen molar-refractivity contribution in [2.75, 3.05) is 37.7 Å². The van der Waals surface area contributed by atoms with Gasteiger partial charge in [0.1, 0.15) is 12.4 Å². The van der Waals surface area contributed by atoms with Gasteiger partial charge in [0.15, 0.2) is 5.13 Å². The highest BCUT2D eigenvalue weighted by Gasteiger charge is 2.42. The van der Waals surface area contributed by atoms with Crippen LogP contribution < -0.4 is 15.4 Å². The number of hydrogen-bond donors (Lipinski definition) is 2. The molecule has 7 nitrogen and oxygen atoms in total. The highest BCUT2D eigenvalue weighted by molar-refractivity contribution is 7.14. The fourth-order valence-electron chi connectivity index (χ4n) is 6.82. The molecule has 3 N–H and O–H groups in total. The number of aromatic nitrogens is 1. The van der Waals surface area contributed by atoms with E-state index in [-0.39, 0.29) is 11.9 Å². The number of benzene rings is 2. The summed E-state index contributed by atoms with van der Waals surface area (Å²) in [6, 6.07) is 12.2. The Kier molecular flexibility index (Phi) is 7.84. The third kappa shape index (κ3) is 5.49. The van der Waals surface area contributed by atoms with E-state index in [9.17, 15) is 9.90 Å². The number of thiazole rings is 1. The monoisotopic (exact) mass is 560 g/mol. The number of anilines is 1. The Balaban J connectivity index is 1.15. The molecule has 2 bridgehead atoms. The van der Waals surface area contributed by atoms with Gasteiger partial charge in [-0.25, -0.2) is 4.98 Å². The molecule has 3 fully saturated rings. The summed E-state index contributed by atoms with van der Waals surface area (Å²) in [6.07, 6.45) is 4.36. The molecular weight excluding hydrogens is 520 g/mol. The Morgan fingerprint density at radius 3 is 2.62 bits per heavy atom. The van der Waals surface area contributed by atoms with Crippen molar-refractivity contribution >= 4 is 22.4 Å². The molecule has 0 radical (unpaired) electrons. The fourth-order valence-corrected chi connectivity index (χ4v) is 7.66. The van der Waals surface area contributed by atoms with Crippen molar-refractivity contribution < 1.29 is 14.6 Å². The maximum absolute atomic E-state index is 13.0.